The van der Waals surface area contributed by atoms with E-state index in [-0.39, 0.29) is 18.3 Å². The first-order valence-corrected chi connectivity index (χ1v) is 12.0. The van der Waals surface area contributed by atoms with Gasteiger partial charge in [0, 0.05) is 16.9 Å². The molecule has 2 amide bonds. The minimum atomic E-state index is -0.525. The number of thioether (sulfide) groups is 1. The van der Waals surface area contributed by atoms with Crippen LogP contribution in [0, 0.1) is 6.92 Å². The molecule has 10 heteroatoms. The van der Waals surface area contributed by atoms with E-state index in [0.717, 1.165) is 22.7 Å². The van der Waals surface area contributed by atoms with Crippen molar-refractivity contribution in [1.82, 2.24) is 14.8 Å². The quantitative estimate of drug-likeness (QED) is 0.314. The average Bonchev–Trinajstić information content (AvgIpc) is 3.30. The van der Waals surface area contributed by atoms with Gasteiger partial charge in [-0.3, -0.25) is 14.2 Å². The van der Waals surface area contributed by atoms with E-state index in [1.807, 2.05) is 60.0 Å². The summed E-state index contributed by atoms with van der Waals surface area (Å²) >= 11 is 1.25. The van der Waals surface area contributed by atoms with Crippen molar-refractivity contribution in [3.63, 3.8) is 0 Å². The number of hydrogen-bond acceptors (Lipinski definition) is 7. The van der Waals surface area contributed by atoms with Gasteiger partial charge >= 0.3 is 0 Å². The number of anilines is 1. The number of aryl methyl sites for hydroxylation is 1. The molecule has 0 aliphatic carbocycles. The smallest absolute Gasteiger partial charge is 0.248 e. The number of nitrogens with one attached hydrogen (secondary N) is 1. The Bertz CT molecular complexity index is 1340. The number of benzene rings is 3. The first-order valence-electron chi connectivity index (χ1n) is 11.0. The fraction of sp³-hybridized carbons (Fsp3) is 0.154. The predicted molar refractivity (Wildman–Crippen MR) is 138 cm³/mol. The highest BCUT2D eigenvalue weighted by molar-refractivity contribution is 7.99. The number of primary amides is 1. The highest BCUT2D eigenvalue weighted by Gasteiger charge is 2.17. The Morgan fingerprint density at radius 2 is 1.61 bits per heavy atom. The van der Waals surface area contributed by atoms with Crippen LogP contribution < -0.4 is 20.5 Å². The molecule has 184 valence electrons. The summed E-state index contributed by atoms with van der Waals surface area (Å²) in [7, 11) is 1.61. The maximum Gasteiger partial charge on any atom is 0.248 e. The van der Waals surface area contributed by atoms with Gasteiger partial charge in [-0.15, -0.1) is 10.2 Å². The van der Waals surface area contributed by atoms with Gasteiger partial charge in [-0.2, -0.15) is 0 Å². The molecule has 3 N–H and O–H groups in total. The number of nitrogens with zero attached hydrogens (tertiary/aromatic N) is 3. The number of carbonyl (C=O) groups is 2. The van der Waals surface area contributed by atoms with E-state index in [2.05, 4.69) is 15.5 Å². The Labute approximate surface area is 212 Å². The van der Waals surface area contributed by atoms with Crippen molar-refractivity contribution in [2.45, 2.75) is 18.7 Å². The van der Waals surface area contributed by atoms with Crippen LogP contribution in [0.2, 0.25) is 0 Å². The molecule has 4 aromatic rings. The van der Waals surface area contributed by atoms with Gasteiger partial charge in [-0.05, 0) is 67.6 Å². The fourth-order valence-electron chi connectivity index (χ4n) is 3.31. The van der Waals surface area contributed by atoms with Crippen LogP contribution in [0.5, 0.6) is 11.5 Å². The number of ether oxygens (including phenoxy) is 2. The van der Waals surface area contributed by atoms with E-state index in [9.17, 15) is 9.59 Å². The monoisotopic (exact) mass is 503 g/mol. The highest BCUT2D eigenvalue weighted by Crippen LogP contribution is 2.25. The molecule has 0 fully saturated rings. The maximum atomic E-state index is 12.6. The molecule has 3 aromatic carbocycles. The number of hydrogen-bond donors (Lipinski definition) is 2. The van der Waals surface area contributed by atoms with Crippen molar-refractivity contribution in [3.05, 3.63) is 89.7 Å². The van der Waals surface area contributed by atoms with Crippen molar-refractivity contribution in [1.29, 1.82) is 0 Å². The van der Waals surface area contributed by atoms with E-state index >= 15 is 0 Å². The van der Waals surface area contributed by atoms with Crippen molar-refractivity contribution < 1.29 is 19.1 Å². The molecule has 0 atom stereocenters. The lowest BCUT2D eigenvalue weighted by Gasteiger charge is -2.12. The Morgan fingerprint density at radius 1 is 0.944 bits per heavy atom. The van der Waals surface area contributed by atoms with Gasteiger partial charge in [0.1, 0.15) is 18.1 Å². The minimum Gasteiger partial charge on any atom is -0.497 e. The predicted octanol–water partition coefficient (Wildman–Crippen LogP) is 3.99. The zero-order valence-electron chi connectivity index (χ0n) is 19.8. The van der Waals surface area contributed by atoms with Gasteiger partial charge in [0.2, 0.25) is 11.8 Å². The molecule has 0 radical (unpaired) electrons. The van der Waals surface area contributed by atoms with E-state index in [0.29, 0.717) is 22.2 Å². The molecule has 0 unspecified atom stereocenters. The first-order chi connectivity index (χ1) is 17.4. The van der Waals surface area contributed by atoms with Crippen LogP contribution in [0.1, 0.15) is 21.7 Å². The second kappa shape index (κ2) is 11.4. The zero-order chi connectivity index (χ0) is 25.5. The molecule has 9 nitrogen and oxygen atoms in total. The summed E-state index contributed by atoms with van der Waals surface area (Å²) in [6.45, 7) is 2.21. The third-order valence-electron chi connectivity index (χ3n) is 5.21. The SMILES string of the molecule is COc1ccc(-n2c(COc3ccc(C)cc3)nnc2SCC(=O)Nc2ccc(C(N)=O)cc2)cc1. The van der Waals surface area contributed by atoms with Crippen molar-refractivity contribution in [3.8, 4) is 17.2 Å². The highest BCUT2D eigenvalue weighted by atomic mass is 32.2. The molecule has 0 saturated heterocycles. The molecule has 1 heterocycles. The Balaban J connectivity index is 1.49. The first kappa shape index (κ1) is 24.8. The third-order valence-corrected chi connectivity index (χ3v) is 6.13. The van der Waals surface area contributed by atoms with Crippen LogP contribution in [-0.4, -0.2) is 39.4 Å². The lowest BCUT2D eigenvalue weighted by molar-refractivity contribution is -0.113. The van der Waals surface area contributed by atoms with E-state index in [1.54, 1.807) is 31.4 Å². The Kier molecular flexibility index (Phi) is 7.86. The molecule has 0 saturated carbocycles. The second-order valence-corrected chi connectivity index (χ2v) is 8.75. The van der Waals surface area contributed by atoms with E-state index in [4.69, 9.17) is 15.2 Å². The Morgan fingerprint density at radius 3 is 2.25 bits per heavy atom. The summed E-state index contributed by atoms with van der Waals surface area (Å²) in [5.74, 6) is 1.38. The maximum absolute atomic E-state index is 12.6. The lowest BCUT2D eigenvalue weighted by Crippen LogP contribution is -2.15. The Hall–Kier alpha value is -4.31. The molecule has 0 spiro atoms. The number of rotatable bonds is 10. The molecular formula is C26H25N5O4S. The van der Waals surface area contributed by atoms with Gasteiger partial charge in [0.05, 0.1) is 12.9 Å². The second-order valence-electron chi connectivity index (χ2n) is 7.81. The molecule has 1 aromatic heterocycles. The molecule has 0 aliphatic heterocycles. The van der Waals surface area contributed by atoms with Gasteiger partial charge in [-0.1, -0.05) is 29.5 Å². The van der Waals surface area contributed by atoms with Gasteiger partial charge in [0.15, 0.2) is 11.0 Å². The number of aromatic nitrogens is 3. The molecule has 0 aliphatic rings. The normalized spacial score (nSPS) is 10.6. The van der Waals surface area contributed by atoms with Gasteiger partial charge < -0.3 is 20.5 Å². The summed E-state index contributed by atoms with van der Waals surface area (Å²) in [5.41, 5.74) is 8.15. The largest absolute Gasteiger partial charge is 0.497 e. The van der Waals surface area contributed by atoms with Crippen LogP contribution in [0.25, 0.3) is 5.69 Å². The molecule has 4 rings (SSSR count). The van der Waals surface area contributed by atoms with Gasteiger partial charge in [0.25, 0.3) is 0 Å². The fourth-order valence-corrected chi connectivity index (χ4v) is 4.08. The molecule has 0 bridgehead atoms. The summed E-state index contributed by atoms with van der Waals surface area (Å²) in [4.78, 5) is 23.8. The summed E-state index contributed by atoms with van der Waals surface area (Å²) in [5, 5.41) is 12.0. The summed E-state index contributed by atoms with van der Waals surface area (Å²) in [6.07, 6.45) is 0. The van der Waals surface area contributed by atoms with Crippen LogP contribution in [0.15, 0.2) is 78.0 Å². The topological polar surface area (TPSA) is 121 Å². The van der Waals surface area contributed by atoms with Crippen LogP contribution >= 0.6 is 11.8 Å². The van der Waals surface area contributed by atoms with E-state index < -0.39 is 5.91 Å². The van der Waals surface area contributed by atoms with Gasteiger partial charge in [-0.25, -0.2) is 0 Å². The number of nitrogens with two attached hydrogens (primary N) is 1. The number of carbonyl (C=O) groups excluding carboxylic acids is 2. The van der Waals surface area contributed by atoms with Crippen LogP contribution in [0.4, 0.5) is 5.69 Å². The summed E-state index contributed by atoms with van der Waals surface area (Å²) < 4.78 is 13.1. The van der Waals surface area contributed by atoms with Crippen molar-refractivity contribution >= 4 is 29.3 Å². The van der Waals surface area contributed by atoms with Crippen molar-refractivity contribution in [2.75, 3.05) is 18.2 Å². The minimum absolute atomic E-state index is 0.102. The van der Waals surface area contributed by atoms with Crippen LogP contribution in [-0.2, 0) is 11.4 Å². The average molecular weight is 504 g/mol. The number of amides is 2. The van der Waals surface area contributed by atoms with Crippen LogP contribution in [0.3, 0.4) is 0 Å². The van der Waals surface area contributed by atoms with E-state index in [1.165, 1.54) is 11.8 Å². The molecular weight excluding hydrogens is 478 g/mol. The third kappa shape index (κ3) is 6.22. The molecule has 36 heavy (non-hydrogen) atoms. The lowest BCUT2D eigenvalue weighted by atomic mass is 10.2. The standard InChI is InChI=1S/C26H25N5O4S/c1-17-3-11-22(12-4-17)35-15-23-29-30-26(31(23)20-9-13-21(34-2)14-10-20)36-16-24(32)28-19-7-5-18(6-8-19)25(27)33/h3-14H,15-16H2,1-2H3,(H2,27,33)(H,28,32). The summed E-state index contributed by atoms with van der Waals surface area (Å²) in [6, 6.07) is 21.6. The zero-order valence-corrected chi connectivity index (χ0v) is 20.6. The number of methoxy groups -OCH3 is 1. The van der Waals surface area contributed by atoms with Crippen molar-refractivity contribution in [2.24, 2.45) is 5.73 Å².